The lowest BCUT2D eigenvalue weighted by molar-refractivity contribution is -0.384. The lowest BCUT2D eigenvalue weighted by Crippen LogP contribution is -2.29. The number of aromatic amines is 1. The Hall–Kier alpha value is -3.93. The third-order valence-electron chi connectivity index (χ3n) is 4.81. The van der Waals surface area contributed by atoms with Crippen LogP contribution < -0.4 is 10.9 Å². The Morgan fingerprint density at radius 1 is 1.10 bits per heavy atom. The van der Waals surface area contributed by atoms with Crippen LogP contribution in [0, 0.1) is 10.1 Å². The molecule has 11 nitrogen and oxygen atoms in total. The van der Waals surface area contributed by atoms with Gasteiger partial charge in [0, 0.05) is 27.7 Å². The highest BCUT2D eigenvalue weighted by Gasteiger charge is 2.34. The molecule has 30 heavy (non-hydrogen) atoms. The first kappa shape index (κ1) is 18.1. The van der Waals surface area contributed by atoms with Crippen LogP contribution in [0.25, 0.3) is 11.3 Å². The smallest absolute Gasteiger partial charge is 0.288 e. The molecular formula is C18H11BrN8O3. The van der Waals surface area contributed by atoms with Gasteiger partial charge in [0.1, 0.15) is 11.7 Å². The number of non-ortho nitro benzene ring substituents is 1. The van der Waals surface area contributed by atoms with Crippen LogP contribution in [0.5, 0.6) is 0 Å². The van der Waals surface area contributed by atoms with Crippen LogP contribution in [0.2, 0.25) is 0 Å². The molecule has 2 N–H and O–H groups in total. The van der Waals surface area contributed by atoms with E-state index in [0.29, 0.717) is 22.8 Å². The van der Waals surface area contributed by atoms with Crippen molar-refractivity contribution in [3.8, 4) is 11.3 Å². The molecule has 0 saturated carbocycles. The van der Waals surface area contributed by atoms with E-state index in [1.54, 1.807) is 16.8 Å². The highest BCUT2D eigenvalue weighted by molar-refractivity contribution is 9.10. The first-order valence-corrected chi connectivity index (χ1v) is 9.50. The molecule has 0 radical (unpaired) electrons. The second-order valence-corrected chi connectivity index (χ2v) is 7.44. The molecule has 148 valence electrons. The van der Waals surface area contributed by atoms with Gasteiger partial charge in [-0.15, -0.1) is 0 Å². The van der Waals surface area contributed by atoms with Gasteiger partial charge in [-0.3, -0.25) is 14.9 Å². The molecule has 4 aromatic rings. The first-order valence-electron chi connectivity index (χ1n) is 8.70. The lowest BCUT2D eigenvalue weighted by Gasteiger charge is -2.27. The molecule has 2 aromatic carbocycles. The number of fused-ring (bicyclic) bond motifs is 2. The Kier molecular flexibility index (Phi) is 4.13. The van der Waals surface area contributed by atoms with Gasteiger partial charge in [-0.1, -0.05) is 33.2 Å². The van der Waals surface area contributed by atoms with Crippen molar-refractivity contribution in [3.63, 3.8) is 0 Å². The minimum absolute atomic E-state index is 0.0395. The van der Waals surface area contributed by atoms with E-state index in [-0.39, 0.29) is 11.4 Å². The number of aromatic nitrogens is 6. The quantitative estimate of drug-likeness (QED) is 0.305. The van der Waals surface area contributed by atoms with Crippen LogP contribution in [0.4, 0.5) is 17.3 Å². The zero-order chi connectivity index (χ0) is 20.8. The van der Waals surface area contributed by atoms with Gasteiger partial charge in [-0.05, 0) is 40.3 Å². The number of hydrogen-bond acceptors (Lipinski definition) is 8. The van der Waals surface area contributed by atoms with E-state index < -0.39 is 16.5 Å². The lowest BCUT2D eigenvalue weighted by atomic mass is 9.92. The van der Waals surface area contributed by atoms with Crippen LogP contribution in [0.3, 0.4) is 0 Å². The van der Waals surface area contributed by atoms with Crippen molar-refractivity contribution in [2.45, 2.75) is 6.04 Å². The molecule has 0 amide bonds. The summed E-state index contributed by atoms with van der Waals surface area (Å²) in [4.78, 5) is 23.1. The maximum absolute atomic E-state index is 12.6. The SMILES string of the molecule is O=c1[nH]nc(-c2ccc([N+](=O)[O-])cc2)c2c1Nc1nnnn1[C@@H]2c1ccc(Br)cc1. The second-order valence-electron chi connectivity index (χ2n) is 6.52. The largest absolute Gasteiger partial charge is 0.318 e. The molecule has 0 aliphatic carbocycles. The Morgan fingerprint density at radius 3 is 2.53 bits per heavy atom. The molecule has 1 aliphatic heterocycles. The molecule has 0 spiro atoms. The second kappa shape index (κ2) is 6.84. The number of nitro benzene ring substituents is 1. The minimum atomic E-state index is -0.528. The molecule has 1 atom stereocenters. The fraction of sp³-hybridized carbons (Fsp3) is 0.0556. The minimum Gasteiger partial charge on any atom is -0.318 e. The zero-order valence-electron chi connectivity index (χ0n) is 15.0. The topological polar surface area (TPSA) is 145 Å². The number of tetrazole rings is 1. The fourth-order valence-electron chi connectivity index (χ4n) is 3.45. The van der Waals surface area contributed by atoms with Gasteiger partial charge in [0.25, 0.3) is 11.2 Å². The molecule has 5 rings (SSSR count). The molecule has 0 fully saturated rings. The van der Waals surface area contributed by atoms with Crippen molar-refractivity contribution < 1.29 is 4.92 Å². The monoisotopic (exact) mass is 466 g/mol. The van der Waals surface area contributed by atoms with Crippen LogP contribution in [-0.2, 0) is 0 Å². The number of H-pyrrole nitrogens is 1. The average molecular weight is 467 g/mol. The molecule has 0 bridgehead atoms. The van der Waals surface area contributed by atoms with Crippen LogP contribution in [0.15, 0.2) is 57.8 Å². The Balaban J connectivity index is 1.76. The highest BCUT2D eigenvalue weighted by Crippen LogP contribution is 2.41. The Morgan fingerprint density at radius 2 is 1.83 bits per heavy atom. The summed E-state index contributed by atoms with van der Waals surface area (Å²) in [6, 6.07) is 13.0. The summed E-state index contributed by atoms with van der Waals surface area (Å²) in [5.41, 5.74) is 2.28. The van der Waals surface area contributed by atoms with E-state index in [0.717, 1.165) is 10.0 Å². The molecule has 0 unspecified atom stereocenters. The summed E-state index contributed by atoms with van der Waals surface area (Å²) in [6.45, 7) is 0. The van der Waals surface area contributed by atoms with Gasteiger partial charge < -0.3 is 5.32 Å². The summed E-state index contributed by atoms with van der Waals surface area (Å²) in [5, 5.41) is 32.5. The van der Waals surface area contributed by atoms with Crippen LogP contribution in [-0.4, -0.2) is 35.3 Å². The van der Waals surface area contributed by atoms with E-state index in [2.05, 4.69) is 47.0 Å². The number of rotatable bonds is 3. The van der Waals surface area contributed by atoms with Gasteiger partial charge in [0.15, 0.2) is 0 Å². The molecule has 1 aliphatic rings. The molecular weight excluding hydrogens is 456 g/mol. The van der Waals surface area contributed by atoms with E-state index in [1.807, 2.05) is 24.3 Å². The summed E-state index contributed by atoms with van der Waals surface area (Å²) >= 11 is 3.42. The van der Waals surface area contributed by atoms with Crippen molar-refractivity contribution in [3.05, 3.63) is 84.6 Å². The molecule has 12 heteroatoms. The average Bonchev–Trinajstić information content (AvgIpc) is 3.22. The summed E-state index contributed by atoms with van der Waals surface area (Å²) in [7, 11) is 0. The van der Waals surface area contributed by atoms with Crippen molar-refractivity contribution in [1.29, 1.82) is 0 Å². The number of nitro groups is 1. The van der Waals surface area contributed by atoms with Crippen LogP contribution >= 0.6 is 15.9 Å². The van der Waals surface area contributed by atoms with Crippen molar-refractivity contribution in [1.82, 2.24) is 30.4 Å². The Labute approximate surface area is 176 Å². The van der Waals surface area contributed by atoms with Crippen molar-refractivity contribution >= 4 is 33.3 Å². The summed E-state index contributed by atoms with van der Waals surface area (Å²) in [6.07, 6.45) is 0. The van der Waals surface area contributed by atoms with Gasteiger partial charge >= 0.3 is 0 Å². The van der Waals surface area contributed by atoms with Gasteiger partial charge in [-0.25, -0.2) is 5.10 Å². The maximum atomic E-state index is 12.6. The predicted molar refractivity (Wildman–Crippen MR) is 109 cm³/mol. The zero-order valence-corrected chi connectivity index (χ0v) is 16.6. The molecule has 2 aromatic heterocycles. The number of hydrogen-bond donors (Lipinski definition) is 2. The van der Waals surface area contributed by atoms with Gasteiger partial charge in [-0.2, -0.15) is 9.78 Å². The van der Waals surface area contributed by atoms with E-state index >= 15 is 0 Å². The van der Waals surface area contributed by atoms with Gasteiger partial charge in [0.05, 0.1) is 10.6 Å². The molecule has 3 heterocycles. The first-order chi connectivity index (χ1) is 14.5. The van der Waals surface area contributed by atoms with E-state index in [9.17, 15) is 14.9 Å². The number of anilines is 2. The van der Waals surface area contributed by atoms with E-state index in [4.69, 9.17) is 0 Å². The van der Waals surface area contributed by atoms with Crippen molar-refractivity contribution in [2.24, 2.45) is 0 Å². The predicted octanol–water partition coefficient (Wildman–Crippen LogP) is 2.79. The standard InChI is InChI=1S/C18H11BrN8O3/c19-11-5-1-10(2-6-11)16-13-14(9-3-7-12(8-4-9)27(29)30)21-22-17(28)15(13)20-18-23-24-25-26(16)18/h1-8,16H,(H,22,28)(H,20,23,25)/t16-/m1/s1. The normalized spacial score (nSPS) is 14.5. The number of halogens is 1. The van der Waals surface area contributed by atoms with Gasteiger partial charge in [0.2, 0.25) is 5.95 Å². The summed E-state index contributed by atoms with van der Waals surface area (Å²) < 4.78 is 2.47. The summed E-state index contributed by atoms with van der Waals surface area (Å²) in [5.74, 6) is 0.321. The number of nitrogens with zero attached hydrogens (tertiary/aromatic N) is 6. The van der Waals surface area contributed by atoms with Crippen molar-refractivity contribution in [2.75, 3.05) is 5.32 Å². The maximum Gasteiger partial charge on any atom is 0.288 e. The van der Waals surface area contributed by atoms with Crippen LogP contribution in [0.1, 0.15) is 17.2 Å². The number of nitrogens with one attached hydrogen (secondary N) is 2. The Bertz CT molecular complexity index is 1330. The van der Waals surface area contributed by atoms with E-state index in [1.165, 1.54) is 12.1 Å². The highest BCUT2D eigenvalue weighted by atomic mass is 79.9. The molecule has 0 saturated heterocycles. The number of benzene rings is 2. The fourth-order valence-corrected chi connectivity index (χ4v) is 3.72. The third kappa shape index (κ3) is 2.85. The third-order valence-corrected chi connectivity index (χ3v) is 5.33.